The number of hydrogen-bond donors (Lipinski definition) is 2. The van der Waals surface area contributed by atoms with Crippen LogP contribution in [0.1, 0.15) is 32.8 Å². The van der Waals surface area contributed by atoms with E-state index in [1.807, 2.05) is 0 Å². The van der Waals surface area contributed by atoms with Gasteiger partial charge in [0, 0.05) is 19.5 Å². The second-order valence-corrected chi connectivity index (χ2v) is 5.91. The van der Waals surface area contributed by atoms with E-state index in [4.69, 9.17) is 4.74 Å². The molecule has 2 N–H and O–H groups in total. The van der Waals surface area contributed by atoms with E-state index in [1.165, 1.54) is 12.1 Å². The largest absolute Gasteiger partial charge is 0.444 e. The highest BCUT2D eigenvalue weighted by Gasteiger charge is 2.15. The Hall–Kier alpha value is -2.11. The van der Waals surface area contributed by atoms with Gasteiger partial charge in [-0.2, -0.15) is 0 Å². The predicted octanol–water partition coefficient (Wildman–Crippen LogP) is 2.40. The third-order valence-electron chi connectivity index (χ3n) is 2.65. The van der Waals surface area contributed by atoms with Crippen LogP contribution in [0.5, 0.6) is 0 Å². The number of amides is 2. The molecule has 1 aromatic carbocycles. The molecular formula is C16H23FN2O3. The maximum Gasteiger partial charge on any atom is 0.407 e. The minimum atomic E-state index is -0.558. The highest BCUT2D eigenvalue weighted by molar-refractivity contribution is 5.77. The SMILES string of the molecule is CC(C)(C)OC(=O)NCCC(=O)NCCc1cccc(F)c1. The molecule has 0 saturated heterocycles. The molecule has 2 amide bonds. The summed E-state index contributed by atoms with van der Waals surface area (Å²) >= 11 is 0. The molecule has 0 heterocycles. The molecule has 0 fully saturated rings. The predicted molar refractivity (Wildman–Crippen MR) is 82.0 cm³/mol. The van der Waals surface area contributed by atoms with Crippen molar-refractivity contribution in [3.05, 3.63) is 35.6 Å². The monoisotopic (exact) mass is 310 g/mol. The third-order valence-corrected chi connectivity index (χ3v) is 2.65. The number of carbonyl (C=O) groups is 2. The quantitative estimate of drug-likeness (QED) is 0.848. The van der Waals surface area contributed by atoms with Crippen LogP contribution in [0.4, 0.5) is 9.18 Å². The van der Waals surface area contributed by atoms with Crippen LogP contribution in [0.15, 0.2) is 24.3 Å². The van der Waals surface area contributed by atoms with Crippen LogP contribution >= 0.6 is 0 Å². The minimum absolute atomic E-state index is 0.169. The molecule has 6 heteroatoms. The molecule has 5 nitrogen and oxygen atoms in total. The van der Waals surface area contributed by atoms with Crippen LogP contribution in [0, 0.1) is 5.82 Å². The number of carbonyl (C=O) groups excluding carboxylic acids is 2. The summed E-state index contributed by atoms with van der Waals surface area (Å²) in [5.41, 5.74) is 0.268. The zero-order chi connectivity index (χ0) is 16.6. The van der Waals surface area contributed by atoms with Crippen molar-refractivity contribution in [3.8, 4) is 0 Å². The van der Waals surface area contributed by atoms with Gasteiger partial charge in [-0.15, -0.1) is 0 Å². The van der Waals surface area contributed by atoms with Gasteiger partial charge in [0.1, 0.15) is 11.4 Å². The lowest BCUT2D eigenvalue weighted by atomic mass is 10.1. The first-order valence-corrected chi connectivity index (χ1v) is 7.24. The van der Waals surface area contributed by atoms with Gasteiger partial charge in [0.15, 0.2) is 0 Å². The van der Waals surface area contributed by atoms with Crippen molar-refractivity contribution >= 4 is 12.0 Å². The third kappa shape index (κ3) is 8.24. The normalized spacial score (nSPS) is 10.9. The smallest absolute Gasteiger partial charge is 0.407 e. The number of ether oxygens (including phenoxy) is 1. The first kappa shape index (κ1) is 17.9. The van der Waals surface area contributed by atoms with Crippen molar-refractivity contribution < 1.29 is 18.7 Å². The van der Waals surface area contributed by atoms with E-state index in [2.05, 4.69) is 10.6 Å². The van der Waals surface area contributed by atoms with Crippen LogP contribution in [-0.4, -0.2) is 30.7 Å². The van der Waals surface area contributed by atoms with E-state index >= 15 is 0 Å². The van der Waals surface area contributed by atoms with E-state index in [9.17, 15) is 14.0 Å². The Morgan fingerprint density at radius 2 is 1.91 bits per heavy atom. The van der Waals surface area contributed by atoms with Crippen molar-refractivity contribution in [1.82, 2.24) is 10.6 Å². The van der Waals surface area contributed by atoms with E-state index in [1.54, 1.807) is 32.9 Å². The molecule has 0 aliphatic carbocycles. The van der Waals surface area contributed by atoms with Gasteiger partial charge in [-0.1, -0.05) is 12.1 Å². The molecule has 0 radical (unpaired) electrons. The van der Waals surface area contributed by atoms with Crippen molar-refractivity contribution in [1.29, 1.82) is 0 Å². The zero-order valence-electron chi connectivity index (χ0n) is 13.2. The van der Waals surface area contributed by atoms with E-state index in [-0.39, 0.29) is 24.7 Å². The Labute approximate surface area is 130 Å². The van der Waals surface area contributed by atoms with E-state index in [0.29, 0.717) is 13.0 Å². The van der Waals surface area contributed by atoms with Gasteiger partial charge < -0.3 is 15.4 Å². The van der Waals surface area contributed by atoms with Gasteiger partial charge in [0.05, 0.1) is 0 Å². The first-order valence-electron chi connectivity index (χ1n) is 7.24. The second-order valence-electron chi connectivity index (χ2n) is 5.91. The molecule has 0 bridgehead atoms. The van der Waals surface area contributed by atoms with Gasteiger partial charge in [-0.25, -0.2) is 9.18 Å². The second kappa shape index (κ2) is 8.36. The molecule has 0 aromatic heterocycles. The topological polar surface area (TPSA) is 67.4 Å². The average molecular weight is 310 g/mol. The summed E-state index contributed by atoms with van der Waals surface area (Å²) in [6.45, 7) is 5.94. The summed E-state index contributed by atoms with van der Waals surface area (Å²) in [6.07, 6.45) is 0.186. The van der Waals surface area contributed by atoms with Gasteiger partial charge >= 0.3 is 6.09 Å². The maximum absolute atomic E-state index is 13.0. The van der Waals surface area contributed by atoms with Crippen LogP contribution in [-0.2, 0) is 16.0 Å². The fraction of sp³-hybridized carbons (Fsp3) is 0.500. The number of benzene rings is 1. The average Bonchev–Trinajstić information content (AvgIpc) is 2.36. The molecule has 0 aliphatic heterocycles. The summed E-state index contributed by atoms with van der Waals surface area (Å²) < 4.78 is 18.0. The molecule has 0 saturated carbocycles. The number of halogens is 1. The van der Waals surface area contributed by atoms with Crippen LogP contribution in [0.2, 0.25) is 0 Å². The molecule has 1 aromatic rings. The van der Waals surface area contributed by atoms with E-state index in [0.717, 1.165) is 5.56 Å². The summed E-state index contributed by atoms with van der Waals surface area (Å²) in [4.78, 5) is 23.0. The molecule has 22 heavy (non-hydrogen) atoms. The zero-order valence-corrected chi connectivity index (χ0v) is 13.2. The Morgan fingerprint density at radius 3 is 2.55 bits per heavy atom. The minimum Gasteiger partial charge on any atom is -0.444 e. The lowest BCUT2D eigenvalue weighted by Crippen LogP contribution is -2.35. The molecule has 0 atom stereocenters. The Morgan fingerprint density at radius 1 is 1.18 bits per heavy atom. The van der Waals surface area contributed by atoms with Crippen molar-refractivity contribution in [2.75, 3.05) is 13.1 Å². The molecule has 0 spiro atoms. The molecule has 122 valence electrons. The van der Waals surface area contributed by atoms with Crippen LogP contribution in [0.3, 0.4) is 0 Å². The van der Waals surface area contributed by atoms with Crippen molar-refractivity contribution in [2.45, 2.75) is 39.2 Å². The molecule has 0 unspecified atom stereocenters. The number of hydrogen-bond acceptors (Lipinski definition) is 3. The summed E-state index contributed by atoms with van der Waals surface area (Å²) in [5.74, 6) is -0.460. The Kier molecular flexibility index (Phi) is 6.82. The standard InChI is InChI=1S/C16H23FN2O3/c1-16(2,3)22-15(21)19-10-8-14(20)18-9-7-12-5-4-6-13(17)11-12/h4-6,11H,7-10H2,1-3H3,(H,18,20)(H,19,21). The summed E-state index contributed by atoms with van der Waals surface area (Å²) in [5, 5.41) is 5.23. The number of nitrogens with one attached hydrogen (secondary N) is 2. The number of alkyl carbamates (subject to hydrolysis) is 1. The van der Waals surface area contributed by atoms with Crippen molar-refractivity contribution in [3.63, 3.8) is 0 Å². The Bertz CT molecular complexity index is 512. The van der Waals surface area contributed by atoms with Gasteiger partial charge in [0.25, 0.3) is 0 Å². The van der Waals surface area contributed by atoms with Crippen LogP contribution in [0.25, 0.3) is 0 Å². The highest BCUT2D eigenvalue weighted by atomic mass is 19.1. The van der Waals surface area contributed by atoms with E-state index < -0.39 is 11.7 Å². The maximum atomic E-state index is 13.0. The molecule has 1 rings (SSSR count). The Balaban J connectivity index is 2.15. The number of rotatable bonds is 6. The molecular weight excluding hydrogens is 287 g/mol. The lowest BCUT2D eigenvalue weighted by molar-refractivity contribution is -0.120. The first-order chi connectivity index (χ1) is 10.3. The van der Waals surface area contributed by atoms with Gasteiger partial charge in [-0.05, 0) is 44.9 Å². The van der Waals surface area contributed by atoms with Crippen molar-refractivity contribution in [2.24, 2.45) is 0 Å². The summed E-state index contributed by atoms with van der Waals surface area (Å²) in [6, 6.07) is 6.26. The molecule has 0 aliphatic rings. The van der Waals surface area contributed by atoms with Crippen LogP contribution < -0.4 is 10.6 Å². The van der Waals surface area contributed by atoms with Gasteiger partial charge in [-0.3, -0.25) is 4.79 Å². The summed E-state index contributed by atoms with van der Waals surface area (Å²) in [7, 11) is 0. The highest BCUT2D eigenvalue weighted by Crippen LogP contribution is 2.06. The fourth-order valence-corrected chi connectivity index (χ4v) is 1.72. The lowest BCUT2D eigenvalue weighted by Gasteiger charge is -2.19. The van der Waals surface area contributed by atoms with Gasteiger partial charge in [0.2, 0.25) is 5.91 Å². The fourth-order valence-electron chi connectivity index (χ4n) is 1.72.